The van der Waals surface area contributed by atoms with Gasteiger partial charge < -0.3 is 4.98 Å². The first-order valence-electron chi connectivity index (χ1n) is 5.90. The van der Waals surface area contributed by atoms with Crippen molar-refractivity contribution in [3.05, 3.63) is 45.6 Å². The van der Waals surface area contributed by atoms with E-state index in [4.69, 9.17) is 0 Å². The maximum Gasteiger partial charge on any atom is 0.252 e. The summed E-state index contributed by atoms with van der Waals surface area (Å²) in [7, 11) is 0. The van der Waals surface area contributed by atoms with Gasteiger partial charge in [0.1, 0.15) is 0 Å². The summed E-state index contributed by atoms with van der Waals surface area (Å²) in [6.45, 7) is 1.86. The van der Waals surface area contributed by atoms with Gasteiger partial charge in [0.05, 0.1) is 4.90 Å². The van der Waals surface area contributed by atoms with Gasteiger partial charge in [-0.05, 0) is 18.2 Å². The highest BCUT2D eigenvalue weighted by molar-refractivity contribution is 7.99. The first-order valence-corrected chi connectivity index (χ1v) is 6.72. The average Bonchev–Trinajstić information content (AvgIpc) is 2.41. The smallest absolute Gasteiger partial charge is 0.252 e. The van der Waals surface area contributed by atoms with Crippen molar-refractivity contribution in [2.75, 3.05) is 0 Å². The first kappa shape index (κ1) is 15.5. The number of hydrogen-bond acceptors (Lipinski definition) is 4. The normalized spacial score (nSPS) is 10.9. The second-order valence-electron chi connectivity index (χ2n) is 4.04. The van der Waals surface area contributed by atoms with Crippen molar-refractivity contribution in [3.8, 4) is 0 Å². The number of rotatable bonds is 4. The highest BCUT2D eigenvalue weighted by Crippen LogP contribution is 2.31. The van der Waals surface area contributed by atoms with E-state index >= 15 is 0 Å². The molecule has 112 valence electrons. The van der Waals surface area contributed by atoms with Crippen LogP contribution in [-0.4, -0.2) is 15.0 Å². The largest absolute Gasteiger partial charge is 0.301 e. The zero-order valence-electron chi connectivity index (χ0n) is 10.7. The Hall–Kier alpha value is -1.90. The van der Waals surface area contributed by atoms with E-state index in [9.17, 15) is 22.4 Å². The number of halogens is 4. The van der Waals surface area contributed by atoms with E-state index in [1.807, 2.05) is 6.92 Å². The molecule has 0 spiro atoms. The molecule has 0 atom stereocenters. The van der Waals surface area contributed by atoms with Gasteiger partial charge in [0.2, 0.25) is 0 Å². The fourth-order valence-electron chi connectivity index (χ4n) is 1.57. The minimum absolute atomic E-state index is 0.159. The van der Waals surface area contributed by atoms with Crippen molar-refractivity contribution in [1.29, 1.82) is 0 Å². The van der Waals surface area contributed by atoms with E-state index < -0.39 is 34.0 Å². The van der Waals surface area contributed by atoms with Crippen LogP contribution in [0.5, 0.6) is 0 Å². The van der Waals surface area contributed by atoms with Gasteiger partial charge in [-0.25, -0.2) is 13.8 Å². The highest BCUT2D eigenvalue weighted by Gasteiger charge is 2.22. The van der Waals surface area contributed by atoms with E-state index in [2.05, 4.69) is 15.0 Å². The van der Waals surface area contributed by atoms with Crippen molar-refractivity contribution in [1.82, 2.24) is 15.0 Å². The van der Waals surface area contributed by atoms with E-state index in [0.29, 0.717) is 18.5 Å². The molecule has 0 saturated carbocycles. The van der Waals surface area contributed by atoms with Crippen LogP contribution >= 0.6 is 11.8 Å². The molecular weight excluding hydrogens is 310 g/mol. The van der Waals surface area contributed by atoms with E-state index in [-0.39, 0.29) is 16.9 Å². The molecule has 0 bridgehead atoms. The Balaban J connectivity index is 2.45. The monoisotopic (exact) mass is 319 g/mol. The number of aromatic nitrogens is 3. The van der Waals surface area contributed by atoms with Crippen LogP contribution in [0.2, 0.25) is 0 Å². The summed E-state index contributed by atoms with van der Waals surface area (Å²) in [6.07, 6.45) is 1.20. The molecule has 2 rings (SSSR count). The van der Waals surface area contributed by atoms with Crippen molar-refractivity contribution < 1.29 is 17.6 Å². The predicted octanol–water partition coefficient (Wildman–Crippen LogP) is 2.83. The number of pyridine rings is 1. The maximum atomic E-state index is 13.5. The van der Waals surface area contributed by atoms with Gasteiger partial charge in [-0.1, -0.05) is 13.3 Å². The van der Waals surface area contributed by atoms with Gasteiger partial charge in [0.15, 0.2) is 16.8 Å². The summed E-state index contributed by atoms with van der Waals surface area (Å²) in [5.74, 6) is -6.79. The van der Waals surface area contributed by atoms with Crippen molar-refractivity contribution in [3.63, 3.8) is 0 Å². The molecule has 2 aromatic rings. The predicted molar refractivity (Wildman–Crippen MR) is 67.0 cm³/mol. The number of nitrogens with one attached hydrogen (secondary N) is 1. The van der Waals surface area contributed by atoms with E-state index in [1.165, 1.54) is 6.07 Å². The molecular formula is C12H9F4N3OS. The molecule has 0 saturated heterocycles. The molecule has 0 aliphatic rings. The van der Waals surface area contributed by atoms with Crippen molar-refractivity contribution in [2.45, 2.75) is 29.8 Å². The van der Waals surface area contributed by atoms with Crippen LogP contribution in [-0.2, 0) is 6.42 Å². The fraction of sp³-hybridized carbons (Fsp3) is 0.250. The zero-order chi connectivity index (χ0) is 15.6. The molecule has 0 amide bonds. The Morgan fingerprint density at radius 3 is 2.33 bits per heavy atom. The van der Waals surface area contributed by atoms with Gasteiger partial charge in [0, 0.05) is 11.8 Å². The Morgan fingerprint density at radius 1 is 1.14 bits per heavy atom. The molecule has 0 aliphatic heterocycles. The lowest BCUT2D eigenvalue weighted by molar-refractivity contribution is 0.383. The minimum atomic E-state index is -1.76. The lowest BCUT2D eigenvalue weighted by atomic mass is 10.2. The molecule has 9 heteroatoms. The molecule has 2 aromatic heterocycles. The van der Waals surface area contributed by atoms with E-state index in [0.717, 1.165) is 0 Å². The summed E-state index contributed by atoms with van der Waals surface area (Å²) in [5, 5.41) is -0.159. The SMILES string of the molecule is CCCc1cc(=O)[nH]c(Sc2c(F)c(F)nc(F)c2F)n1. The summed E-state index contributed by atoms with van der Waals surface area (Å²) in [4.78, 5) is 19.1. The maximum absolute atomic E-state index is 13.5. The fourth-order valence-corrected chi connectivity index (χ4v) is 2.43. The third-order valence-corrected chi connectivity index (χ3v) is 3.38. The molecule has 1 N–H and O–H groups in total. The van der Waals surface area contributed by atoms with Crippen molar-refractivity contribution in [2.24, 2.45) is 0 Å². The number of hydrogen-bond donors (Lipinski definition) is 1. The zero-order valence-corrected chi connectivity index (χ0v) is 11.5. The Labute approximate surface area is 120 Å². The molecule has 0 aliphatic carbocycles. The third kappa shape index (κ3) is 3.41. The number of aromatic amines is 1. The van der Waals surface area contributed by atoms with Crippen LogP contribution in [0, 0.1) is 23.5 Å². The molecule has 21 heavy (non-hydrogen) atoms. The van der Waals surface area contributed by atoms with Gasteiger partial charge in [-0.3, -0.25) is 4.79 Å². The number of H-pyrrole nitrogens is 1. The lowest BCUT2D eigenvalue weighted by Gasteiger charge is -2.06. The quantitative estimate of drug-likeness (QED) is 0.535. The second-order valence-corrected chi connectivity index (χ2v) is 5.04. The first-order chi connectivity index (χ1) is 9.92. The molecule has 0 radical (unpaired) electrons. The van der Waals surface area contributed by atoms with Gasteiger partial charge >= 0.3 is 0 Å². The van der Waals surface area contributed by atoms with Gasteiger partial charge in [-0.2, -0.15) is 13.8 Å². The number of aryl methyl sites for hydroxylation is 1. The Kier molecular flexibility index (Phi) is 4.61. The second kappa shape index (κ2) is 6.25. The highest BCUT2D eigenvalue weighted by atomic mass is 32.2. The molecule has 0 unspecified atom stereocenters. The summed E-state index contributed by atoms with van der Waals surface area (Å²) < 4.78 is 53.0. The molecule has 0 aromatic carbocycles. The third-order valence-electron chi connectivity index (χ3n) is 2.44. The summed E-state index contributed by atoms with van der Waals surface area (Å²) in [6, 6.07) is 1.24. The summed E-state index contributed by atoms with van der Waals surface area (Å²) in [5.41, 5.74) is -0.105. The van der Waals surface area contributed by atoms with Crippen LogP contribution < -0.4 is 5.56 Å². The van der Waals surface area contributed by atoms with Gasteiger partial charge in [0.25, 0.3) is 17.5 Å². The van der Waals surface area contributed by atoms with Crippen LogP contribution in [0.15, 0.2) is 20.9 Å². The Morgan fingerprint density at radius 2 is 1.76 bits per heavy atom. The molecule has 2 heterocycles. The standard InChI is InChI=1S/C12H9F4N3OS/c1-2-3-5-4-6(20)18-12(17-5)21-9-7(13)10(15)19-11(16)8(9)14/h4H,2-3H2,1H3,(H,17,18,20). The molecule has 0 fully saturated rings. The van der Waals surface area contributed by atoms with Crippen LogP contribution in [0.3, 0.4) is 0 Å². The Bertz CT molecular complexity index is 709. The van der Waals surface area contributed by atoms with Crippen LogP contribution in [0.25, 0.3) is 0 Å². The molecule has 4 nitrogen and oxygen atoms in total. The minimum Gasteiger partial charge on any atom is -0.301 e. The lowest BCUT2D eigenvalue weighted by Crippen LogP contribution is -2.10. The topological polar surface area (TPSA) is 58.6 Å². The van der Waals surface area contributed by atoms with Crippen LogP contribution in [0.4, 0.5) is 17.6 Å². The average molecular weight is 319 g/mol. The van der Waals surface area contributed by atoms with Gasteiger partial charge in [-0.15, -0.1) is 0 Å². The summed E-state index contributed by atoms with van der Waals surface area (Å²) >= 11 is 0.287. The van der Waals surface area contributed by atoms with E-state index in [1.54, 1.807) is 0 Å². The van der Waals surface area contributed by atoms with Crippen LogP contribution in [0.1, 0.15) is 19.0 Å². The van der Waals surface area contributed by atoms with Crippen molar-refractivity contribution >= 4 is 11.8 Å². The number of nitrogens with zero attached hydrogens (tertiary/aromatic N) is 2.